The van der Waals surface area contributed by atoms with Gasteiger partial charge in [-0.25, -0.2) is 0 Å². The average Bonchev–Trinajstić information content (AvgIpc) is 3.14. The number of nitrogens with one attached hydrogen (secondary N) is 2. The molecule has 0 unspecified atom stereocenters. The number of benzene rings is 4. The number of nitrogens with two attached hydrogens (primary N) is 1. The van der Waals surface area contributed by atoms with Crippen molar-refractivity contribution in [3.05, 3.63) is 114 Å². The van der Waals surface area contributed by atoms with Crippen LogP contribution in [0.5, 0.6) is 0 Å². The first kappa shape index (κ1) is 18.7. The summed E-state index contributed by atoms with van der Waals surface area (Å²) in [6.45, 7) is 0. The molecular weight excluding hydrogens is 382 g/mol. The fraction of sp³-hybridized carbons (Fsp3) is 0. The van der Waals surface area contributed by atoms with Crippen LogP contribution in [0.15, 0.2) is 103 Å². The molecule has 4 aromatic carbocycles. The van der Waals surface area contributed by atoms with E-state index in [2.05, 4.69) is 34.9 Å². The van der Waals surface area contributed by atoms with Crippen molar-refractivity contribution in [2.24, 2.45) is 0 Å². The van der Waals surface area contributed by atoms with Crippen molar-refractivity contribution >= 4 is 34.2 Å². The maximum absolute atomic E-state index is 12.9. The van der Waals surface area contributed by atoms with Crippen LogP contribution in [0.1, 0.15) is 11.1 Å². The first-order valence-corrected chi connectivity index (χ1v) is 10.1. The van der Waals surface area contributed by atoms with Gasteiger partial charge in [-0.15, -0.1) is 0 Å². The van der Waals surface area contributed by atoms with Crippen molar-refractivity contribution in [3.8, 4) is 11.1 Å². The van der Waals surface area contributed by atoms with E-state index in [0.717, 1.165) is 39.3 Å². The van der Waals surface area contributed by atoms with Crippen molar-refractivity contribution < 1.29 is 4.79 Å². The third kappa shape index (κ3) is 3.67. The van der Waals surface area contributed by atoms with Crippen molar-refractivity contribution in [3.63, 3.8) is 0 Å². The van der Waals surface area contributed by atoms with Gasteiger partial charge in [0.1, 0.15) is 0 Å². The third-order valence-electron chi connectivity index (χ3n) is 5.36. The van der Waals surface area contributed by atoms with Crippen LogP contribution in [0, 0.1) is 0 Å². The summed E-state index contributed by atoms with van der Waals surface area (Å²) >= 11 is 0. The van der Waals surface area contributed by atoms with Crippen molar-refractivity contribution in [2.45, 2.75) is 0 Å². The van der Waals surface area contributed by atoms with Crippen LogP contribution in [0.2, 0.25) is 0 Å². The summed E-state index contributed by atoms with van der Waals surface area (Å²) < 4.78 is 0. The van der Waals surface area contributed by atoms with Gasteiger partial charge in [-0.2, -0.15) is 0 Å². The van der Waals surface area contributed by atoms with E-state index in [4.69, 9.17) is 5.73 Å². The number of hydrogen-bond acceptors (Lipinski definition) is 3. The van der Waals surface area contributed by atoms with Crippen molar-refractivity contribution in [2.75, 3.05) is 16.4 Å². The normalized spacial score (nSPS) is 14.0. The molecule has 1 aliphatic rings. The number of carbonyl (C=O) groups is 1. The summed E-state index contributed by atoms with van der Waals surface area (Å²) in [6, 6.07) is 33.8. The van der Waals surface area contributed by atoms with Crippen LogP contribution in [-0.2, 0) is 4.79 Å². The minimum atomic E-state index is -0.146. The molecule has 0 saturated carbocycles. The lowest BCUT2D eigenvalue weighted by molar-refractivity contribution is -0.110. The van der Waals surface area contributed by atoms with E-state index in [-0.39, 0.29) is 5.91 Å². The Kier molecular flexibility index (Phi) is 4.73. The van der Waals surface area contributed by atoms with Gasteiger partial charge in [-0.1, -0.05) is 72.8 Å². The Labute approximate surface area is 181 Å². The van der Waals surface area contributed by atoms with Gasteiger partial charge in [0, 0.05) is 22.6 Å². The molecule has 0 saturated heterocycles. The standard InChI is InChI=1S/C27H21N3O/c28-21-13-16-24-23(17-21)25(27(31)30-24)26(20-9-5-2-6-10-20)29-22-14-11-19(12-15-22)18-7-3-1-4-8-18/h1-17,29H,28H2,(H,30,31)/b26-25-. The Balaban J connectivity index is 1.59. The Morgan fingerprint density at radius 3 is 2.10 bits per heavy atom. The van der Waals surface area contributed by atoms with E-state index < -0.39 is 0 Å². The van der Waals surface area contributed by atoms with Gasteiger partial charge >= 0.3 is 0 Å². The fourth-order valence-corrected chi connectivity index (χ4v) is 3.84. The Morgan fingerprint density at radius 2 is 1.39 bits per heavy atom. The van der Waals surface area contributed by atoms with Gasteiger partial charge in [-0.3, -0.25) is 4.79 Å². The van der Waals surface area contributed by atoms with Crippen LogP contribution >= 0.6 is 0 Å². The molecule has 4 heteroatoms. The largest absolute Gasteiger partial charge is 0.399 e. The van der Waals surface area contributed by atoms with Crippen molar-refractivity contribution in [1.82, 2.24) is 0 Å². The quantitative estimate of drug-likeness (QED) is 0.295. The van der Waals surface area contributed by atoms with Crippen molar-refractivity contribution in [1.29, 1.82) is 0 Å². The van der Waals surface area contributed by atoms with Crippen LogP contribution in [0.25, 0.3) is 22.4 Å². The molecule has 0 spiro atoms. The zero-order valence-electron chi connectivity index (χ0n) is 16.8. The second-order valence-corrected chi connectivity index (χ2v) is 7.44. The molecule has 31 heavy (non-hydrogen) atoms. The Hall–Kier alpha value is -4.31. The van der Waals surface area contributed by atoms with Crippen LogP contribution in [0.4, 0.5) is 17.1 Å². The maximum atomic E-state index is 12.9. The monoisotopic (exact) mass is 403 g/mol. The fourth-order valence-electron chi connectivity index (χ4n) is 3.84. The van der Waals surface area contributed by atoms with Crippen LogP contribution in [-0.4, -0.2) is 5.91 Å². The van der Waals surface area contributed by atoms with E-state index in [1.54, 1.807) is 6.07 Å². The maximum Gasteiger partial charge on any atom is 0.258 e. The molecule has 0 fully saturated rings. The average molecular weight is 403 g/mol. The molecule has 0 bridgehead atoms. The highest BCUT2D eigenvalue weighted by Gasteiger charge is 2.28. The second kappa shape index (κ2) is 7.84. The summed E-state index contributed by atoms with van der Waals surface area (Å²) in [7, 11) is 0. The molecule has 4 nitrogen and oxygen atoms in total. The SMILES string of the molecule is Nc1ccc2c(c1)/C(=C(/Nc1ccc(-c3ccccc3)cc1)c1ccccc1)C(=O)N2. The van der Waals surface area contributed by atoms with E-state index in [1.807, 2.05) is 72.8 Å². The molecule has 0 atom stereocenters. The first-order chi connectivity index (χ1) is 15.2. The molecular formula is C27H21N3O. The highest BCUT2D eigenvalue weighted by molar-refractivity contribution is 6.37. The number of fused-ring (bicyclic) bond motifs is 1. The number of rotatable bonds is 4. The molecule has 150 valence electrons. The van der Waals surface area contributed by atoms with E-state index >= 15 is 0 Å². The van der Waals surface area contributed by atoms with Gasteiger partial charge in [-0.05, 0) is 47.0 Å². The molecule has 1 aliphatic heterocycles. The number of hydrogen-bond donors (Lipinski definition) is 3. The number of amides is 1. The summed E-state index contributed by atoms with van der Waals surface area (Å²) in [5.74, 6) is -0.146. The van der Waals surface area contributed by atoms with E-state index in [9.17, 15) is 4.79 Å². The molecule has 0 aromatic heterocycles. The van der Waals surface area contributed by atoms with E-state index in [1.165, 1.54) is 0 Å². The van der Waals surface area contributed by atoms with Gasteiger partial charge in [0.05, 0.1) is 11.3 Å². The zero-order chi connectivity index (χ0) is 21.2. The zero-order valence-corrected chi connectivity index (χ0v) is 16.8. The summed E-state index contributed by atoms with van der Waals surface area (Å²) in [6.07, 6.45) is 0. The molecule has 1 heterocycles. The predicted octanol–water partition coefficient (Wildman–Crippen LogP) is 5.87. The smallest absolute Gasteiger partial charge is 0.258 e. The topological polar surface area (TPSA) is 67.1 Å². The predicted molar refractivity (Wildman–Crippen MR) is 128 cm³/mol. The molecule has 5 rings (SSSR count). The number of nitrogen functional groups attached to an aromatic ring is 1. The highest BCUT2D eigenvalue weighted by Crippen LogP contribution is 2.38. The highest BCUT2D eigenvalue weighted by atomic mass is 16.2. The van der Waals surface area contributed by atoms with Gasteiger partial charge in [0.25, 0.3) is 5.91 Å². The summed E-state index contributed by atoms with van der Waals surface area (Å²) in [4.78, 5) is 12.9. The molecule has 0 radical (unpaired) electrons. The second-order valence-electron chi connectivity index (χ2n) is 7.44. The Morgan fingerprint density at radius 1 is 0.742 bits per heavy atom. The third-order valence-corrected chi connectivity index (χ3v) is 5.36. The van der Waals surface area contributed by atoms with Crippen LogP contribution < -0.4 is 16.4 Å². The van der Waals surface area contributed by atoms with Crippen LogP contribution in [0.3, 0.4) is 0 Å². The number of carbonyl (C=O) groups excluding carboxylic acids is 1. The Bertz CT molecular complexity index is 1280. The summed E-state index contributed by atoms with van der Waals surface area (Å²) in [5, 5.41) is 6.43. The minimum Gasteiger partial charge on any atom is -0.399 e. The molecule has 4 aromatic rings. The van der Waals surface area contributed by atoms with E-state index in [0.29, 0.717) is 11.3 Å². The molecule has 4 N–H and O–H groups in total. The number of anilines is 3. The lowest BCUT2D eigenvalue weighted by Crippen LogP contribution is -2.10. The lowest BCUT2D eigenvalue weighted by atomic mass is 9.99. The lowest BCUT2D eigenvalue weighted by Gasteiger charge is -2.15. The summed E-state index contributed by atoms with van der Waals surface area (Å²) in [5.41, 5.74) is 13.7. The molecule has 0 aliphatic carbocycles. The molecule has 1 amide bonds. The van der Waals surface area contributed by atoms with Gasteiger partial charge in [0.15, 0.2) is 0 Å². The van der Waals surface area contributed by atoms with Gasteiger partial charge in [0.2, 0.25) is 0 Å². The van der Waals surface area contributed by atoms with Gasteiger partial charge < -0.3 is 16.4 Å². The minimum absolute atomic E-state index is 0.146. The first-order valence-electron chi connectivity index (χ1n) is 10.1.